The smallest absolute Gasteiger partial charge is 0.414 e. The number of carbonyl (C=O) groups excluding carboxylic acids is 3. The van der Waals surface area contributed by atoms with Gasteiger partial charge in [-0.15, -0.1) is 0 Å². The molecule has 1 saturated carbocycles. The molecule has 3 amide bonds. The van der Waals surface area contributed by atoms with Gasteiger partial charge in [0.2, 0.25) is 11.9 Å². The van der Waals surface area contributed by atoms with Crippen LogP contribution >= 0.6 is 11.6 Å². The van der Waals surface area contributed by atoms with Gasteiger partial charge in [0.15, 0.2) is 0 Å². The van der Waals surface area contributed by atoms with E-state index in [1.54, 1.807) is 50.8 Å². The lowest BCUT2D eigenvalue weighted by molar-refractivity contribution is -0.182. The minimum atomic E-state index is -1.12. The number of anilines is 1. The number of nitrogens with zero attached hydrogens (tertiary/aromatic N) is 2. The van der Waals surface area contributed by atoms with Gasteiger partial charge in [0.1, 0.15) is 12.2 Å². The molecule has 0 unspecified atom stereocenters. The monoisotopic (exact) mass is 582 g/mol. The second kappa shape index (κ2) is 11.0. The molecular weight excluding hydrogens is 548 g/mol. The van der Waals surface area contributed by atoms with Crippen LogP contribution in [-0.2, 0) is 31.2 Å². The summed E-state index contributed by atoms with van der Waals surface area (Å²) in [6.45, 7) is 8.52. The molecule has 0 bridgehead atoms. The molecule has 2 aromatic carbocycles. The number of aliphatic imine (C=N–C) groups is 1. The van der Waals surface area contributed by atoms with Crippen LogP contribution in [0.15, 0.2) is 53.5 Å². The van der Waals surface area contributed by atoms with Gasteiger partial charge in [0, 0.05) is 17.0 Å². The topological polar surface area (TPSA) is 119 Å². The fourth-order valence-corrected chi connectivity index (χ4v) is 5.88. The van der Waals surface area contributed by atoms with E-state index in [2.05, 4.69) is 10.6 Å². The van der Waals surface area contributed by atoms with Crippen molar-refractivity contribution in [2.75, 3.05) is 18.5 Å². The van der Waals surface area contributed by atoms with Crippen LogP contribution in [0.2, 0.25) is 5.02 Å². The lowest BCUT2D eigenvalue weighted by Gasteiger charge is -2.56. The normalized spacial score (nSPS) is 21.8. The molecule has 10 nitrogen and oxygen atoms in total. The molecule has 2 N–H and O–H groups in total. The largest absolute Gasteiger partial charge is 0.444 e. The number of nitrogens with one attached hydrogen (secondary N) is 2. The molecule has 2 aliphatic heterocycles. The van der Waals surface area contributed by atoms with E-state index in [4.69, 9.17) is 30.8 Å². The van der Waals surface area contributed by atoms with Crippen molar-refractivity contribution in [3.05, 3.63) is 64.7 Å². The fourth-order valence-electron chi connectivity index (χ4n) is 5.50. The third-order valence-electron chi connectivity index (χ3n) is 7.51. The Hall–Kier alpha value is -3.63. The number of alkyl carbamates (subject to hydrolysis) is 1. The van der Waals surface area contributed by atoms with E-state index in [9.17, 15) is 14.4 Å². The van der Waals surface area contributed by atoms with Crippen molar-refractivity contribution in [2.24, 2.45) is 10.4 Å². The summed E-state index contributed by atoms with van der Waals surface area (Å²) in [5.74, 6) is -0.0693. The number of benzene rings is 2. The number of halogens is 1. The van der Waals surface area contributed by atoms with Gasteiger partial charge in [-0.05, 0) is 52.2 Å². The Morgan fingerprint density at radius 2 is 1.78 bits per heavy atom. The average molecular weight is 583 g/mol. The van der Waals surface area contributed by atoms with Gasteiger partial charge in [0.05, 0.1) is 35.9 Å². The van der Waals surface area contributed by atoms with Gasteiger partial charge in [-0.25, -0.2) is 14.6 Å². The van der Waals surface area contributed by atoms with E-state index in [0.29, 0.717) is 24.5 Å². The molecule has 218 valence electrons. The molecule has 2 fully saturated rings. The molecule has 2 heterocycles. The number of carbonyl (C=O) groups is 3. The third kappa shape index (κ3) is 6.33. The summed E-state index contributed by atoms with van der Waals surface area (Å²) in [6.07, 6.45) is 0.195. The molecule has 0 aromatic heterocycles. The highest BCUT2D eigenvalue weighted by atomic mass is 35.5. The zero-order chi connectivity index (χ0) is 29.4. The first-order chi connectivity index (χ1) is 19.4. The molecule has 1 aliphatic carbocycles. The molecule has 1 saturated heterocycles. The van der Waals surface area contributed by atoms with Crippen molar-refractivity contribution in [3.63, 3.8) is 0 Å². The Morgan fingerprint density at radius 3 is 2.41 bits per heavy atom. The lowest BCUT2D eigenvalue weighted by atomic mass is 9.63. The van der Waals surface area contributed by atoms with Crippen LogP contribution in [0.3, 0.4) is 0 Å². The number of rotatable bonds is 5. The maximum absolute atomic E-state index is 13.7. The molecule has 11 heteroatoms. The van der Waals surface area contributed by atoms with E-state index in [1.807, 2.05) is 30.3 Å². The van der Waals surface area contributed by atoms with Gasteiger partial charge >= 0.3 is 12.2 Å². The maximum atomic E-state index is 13.7. The molecule has 1 atom stereocenters. The van der Waals surface area contributed by atoms with Crippen LogP contribution in [-0.4, -0.2) is 53.8 Å². The fraction of sp³-hybridized carbons (Fsp3) is 0.467. The Labute approximate surface area is 244 Å². The molecule has 2 aromatic rings. The minimum Gasteiger partial charge on any atom is -0.444 e. The number of hydrogen-bond donors (Lipinski definition) is 2. The summed E-state index contributed by atoms with van der Waals surface area (Å²) in [7, 11) is 0. The average Bonchev–Trinajstić information content (AvgIpc) is 2.83. The van der Waals surface area contributed by atoms with Crippen molar-refractivity contribution in [1.82, 2.24) is 10.2 Å². The summed E-state index contributed by atoms with van der Waals surface area (Å²) in [5.41, 5.74) is -0.0698. The van der Waals surface area contributed by atoms with Gasteiger partial charge in [-0.1, -0.05) is 54.1 Å². The molecule has 0 radical (unpaired) electrons. The summed E-state index contributed by atoms with van der Waals surface area (Å²) in [6, 6.07) is 14.3. The van der Waals surface area contributed by atoms with E-state index in [1.165, 1.54) is 0 Å². The highest BCUT2D eigenvalue weighted by Crippen LogP contribution is 2.50. The Balaban J connectivity index is 1.38. The van der Waals surface area contributed by atoms with Crippen molar-refractivity contribution in [2.45, 2.75) is 70.7 Å². The van der Waals surface area contributed by atoms with Gasteiger partial charge < -0.3 is 14.2 Å². The first kappa shape index (κ1) is 28.9. The summed E-state index contributed by atoms with van der Waals surface area (Å²) in [5, 5.41) is 5.63. The number of amides is 3. The van der Waals surface area contributed by atoms with Crippen LogP contribution in [0.5, 0.6) is 0 Å². The predicted molar refractivity (Wildman–Crippen MR) is 154 cm³/mol. The molecule has 5 rings (SSSR count). The Bertz CT molecular complexity index is 1360. The van der Waals surface area contributed by atoms with E-state index >= 15 is 0 Å². The van der Waals surface area contributed by atoms with Crippen molar-refractivity contribution < 1.29 is 28.6 Å². The summed E-state index contributed by atoms with van der Waals surface area (Å²) < 4.78 is 16.2. The highest BCUT2D eigenvalue weighted by molar-refractivity contribution is 6.34. The van der Waals surface area contributed by atoms with Gasteiger partial charge in [0.25, 0.3) is 0 Å². The number of hydrogen-bond acceptors (Lipinski definition) is 7. The quantitative estimate of drug-likeness (QED) is 0.474. The second-order valence-electron chi connectivity index (χ2n) is 12.2. The van der Waals surface area contributed by atoms with E-state index in [0.717, 1.165) is 18.4 Å². The van der Waals surface area contributed by atoms with Crippen LogP contribution in [0.4, 0.5) is 15.3 Å². The predicted octanol–water partition coefficient (Wildman–Crippen LogP) is 5.60. The Morgan fingerprint density at radius 1 is 1.07 bits per heavy atom. The first-order valence-electron chi connectivity index (χ1n) is 13.6. The lowest BCUT2D eigenvalue weighted by Crippen LogP contribution is -2.65. The molecule has 1 spiro atoms. The Kier molecular flexibility index (Phi) is 7.74. The van der Waals surface area contributed by atoms with E-state index in [-0.39, 0.29) is 41.4 Å². The van der Waals surface area contributed by atoms with Crippen LogP contribution in [0, 0.1) is 5.41 Å². The molecule has 41 heavy (non-hydrogen) atoms. The number of ether oxygens (including phenoxy) is 3. The molecule has 3 aliphatic rings. The van der Waals surface area contributed by atoms with Crippen molar-refractivity contribution >= 4 is 41.3 Å². The molecular formula is C30H35ClN4O6. The van der Waals surface area contributed by atoms with Crippen LogP contribution in [0.25, 0.3) is 0 Å². The SMILES string of the molecule is CC(C)(C)OC(=O)NC1=N[C@](C)(c2cccc(NC(=O)OCc3ccccc3)c2Cl)CC(=O)N1C1CC2(COC2)C1. The summed E-state index contributed by atoms with van der Waals surface area (Å²) >= 11 is 6.79. The summed E-state index contributed by atoms with van der Waals surface area (Å²) in [4.78, 5) is 45.5. The van der Waals surface area contributed by atoms with Crippen molar-refractivity contribution in [1.29, 1.82) is 0 Å². The highest BCUT2D eigenvalue weighted by Gasteiger charge is 2.55. The zero-order valence-corrected chi connectivity index (χ0v) is 24.4. The maximum Gasteiger partial charge on any atom is 0.414 e. The second-order valence-corrected chi connectivity index (χ2v) is 12.6. The van der Waals surface area contributed by atoms with Crippen molar-refractivity contribution in [3.8, 4) is 0 Å². The zero-order valence-electron chi connectivity index (χ0n) is 23.7. The standard InChI is InChI=1S/C30H35ClN4O6/c1-28(2,3)41-27(38)33-25-34-29(4,15-23(36)35(25)20-13-30(14-20)17-39-18-30)21-11-8-12-22(24(21)31)32-26(37)40-16-19-9-6-5-7-10-19/h5-12,20H,13-18H2,1-4H3,(H,32,37)(H,33,34,38)/t29-/m0/s1. The van der Waals surface area contributed by atoms with Crippen LogP contribution < -0.4 is 10.6 Å². The number of guanidine groups is 1. The first-order valence-corrected chi connectivity index (χ1v) is 14.0. The van der Waals surface area contributed by atoms with Gasteiger partial charge in [-0.3, -0.25) is 20.3 Å². The van der Waals surface area contributed by atoms with Gasteiger partial charge in [-0.2, -0.15) is 0 Å². The minimum absolute atomic E-state index is 0.0219. The van der Waals surface area contributed by atoms with Crippen LogP contribution in [0.1, 0.15) is 58.1 Å². The third-order valence-corrected chi connectivity index (χ3v) is 7.91. The van der Waals surface area contributed by atoms with E-state index < -0.39 is 23.3 Å².